The van der Waals surface area contributed by atoms with Gasteiger partial charge < -0.3 is 10.1 Å². The molecule has 0 spiro atoms. The van der Waals surface area contributed by atoms with Gasteiger partial charge in [0.25, 0.3) is 0 Å². The number of hydrogen-bond acceptors (Lipinski definition) is 4. The van der Waals surface area contributed by atoms with E-state index in [1.165, 1.54) is 4.88 Å². The fourth-order valence-corrected chi connectivity index (χ4v) is 2.15. The molecule has 0 fully saturated rings. The van der Waals surface area contributed by atoms with Crippen molar-refractivity contribution < 1.29 is 4.74 Å². The van der Waals surface area contributed by atoms with Crippen LogP contribution >= 0.6 is 11.3 Å². The number of nitrogens with zero attached hydrogens (tertiary/aromatic N) is 1. The molecule has 0 radical (unpaired) electrons. The second kappa shape index (κ2) is 5.75. The Kier molecular flexibility index (Phi) is 4.89. The number of hydrogen-bond donors (Lipinski definition) is 1. The minimum Gasteiger partial charge on any atom is -0.379 e. The van der Waals surface area contributed by atoms with Crippen molar-refractivity contribution in [3.05, 3.63) is 16.1 Å². The van der Waals surface area contributed by atoms with Gasteiger partial charge in [0, 0.05) is 18.2 Å². The molecule has 4 heteroatoms. The lowest BCUT2D eigenvalue weighted by molar-refractivity contribution is 0.0154. The van der Waals surface area contributed by atoms with E-state index in [1.54, 1.807) is 18.4 Å². The minimum atomic E-state index is -0.0501. The van der Waals surface area contributed by atoms with Crippen molar-refractivity contribution in [3.63, 3.8) is 0 Å². The van der Waals surface area contributed by atoms with E-state index in [2.05, 4.69) is 38.0 Å². The lowest BCUT2D eigenvalue weighted by atomic mass is 10.1. The first-order valence-corrected chi connectivity index (χ1v) is 6.47. The van der Waals surface area contributed by atoms with Gasteiger partial charge in [-0.05, 0) is 40.7 Å². The van der Waals surface area contributed by atoms with Crippen LogP contribution in [0.3, 0.4) is 0 Å². The van der Waals surface area contributed by atoms with E-state index in [-0.39, 0.29) is 5.60 Å². The lowest BCUT2D eigenvalue weighted by Crippen LogP contribution is -2.30. The second-order valence-electron chi connectivity index (χ2n) is 4.70. The third kappa shape index (κ3) is 4.20. The Balaban J connectivity index is 2.33. The molecule has 0 saturated heterocycles. The van der Waals surface area contributed by atoms with Crippen molar-refractivity contribution in [1.82, 2.24) is 10.3 Å². The zero-order valence-corrected chi connectivity index (χ0v) is 11.6. The molecule has 1 atom stereocenters. The van der Waals surface area contributed by atoms with Gasteiger partial charge in [-0.15, -0.1) is 11.3 Å². The van der Waals surface area contributed by atoms with Crippen LogP contribution in [0.1, 0.15) is 43.1 Å². The number of rotatable bonds is 6. The summed E-state index contributed by atoms with van der Waals surface area (Å²) in [5.74, 6) is 0. The Morgan fingerprint density at radius 3 is 2.75 bits per heavy atom. The zero-order valence-electron chi connectivity index (χ0n) is 10.8. The molecule has 1 N–H and O–H groups in total. The summed E-state index contributed by atoms with van der Waals surface area (Å²) in [5, 5.41) is 4.63. The summed E-state index contributed by atoms with van der Waals surface area (Å²) in [6.07, 6.45) is 2.93. The first-order chi connectivity index (χ1) is 7.44. The van der Waals surface area contributed by atoms with E-state index in [0.717, 1.165) is 18.0 Å². The van der Waals surface area contributed by atoms with E-state index in [4.69, 9.17) is 4.74 Å². The summed E-state index contributed by atoms with van der Waals surface area (Å²) in [7, 11) is 1.76. The van der Waals surface area contributed by atoms with Crippen LogP contribution in [-0.4, -0.2) is 24.2 Å². The highest BCUT2D eigenvalue weighted by Crippen LogP contribution is 2.19. The van der Waals surface area contributed by atoms with Crippen LogP contribution in [0.4, 0.5) is 0 Å². The Morgan fingerprint density at radius 2 is 2.25 bits per heavy atom. The molecule has 0 aliphatic rings. The molecular formula is C12H22N2OS. The molecule has 1 heterocycles. The fraction of sp³-hybridized carbons (Fsp3) is 0.750. The lowest BCUT2D eigenvalue weighted by Gasteiger charge is -2.23. The van der Waals surface area contributed by atoms with Gasteiger partial charge in [0.15, 0.2) is 0 Å². The van der Waals surface area contributed by atoms with E-state index < -0.39 is 0 Å². The third-order valence-electron chi connectivity index (χ3n) is 2.74. The molecule has 1 rings (SSSR count). The molecule has 92 valence electrons. The van der Waals surface area contributed by atoms with E-state index >= 15 is 0 Å². The van der Waals surface area contributed by atoms with Crippen molar-refractivity contribution in [2.75, 3.05) is 13.7 Å². The predicted octanol–water partition coefficient (Wildman–Crippen LogP) is 2.92. The molecule has 0 amide bonds. The molecule has 0 bridgehead atoms. The molecule has 1 unspecified atom stereocenters. The summed E-state index contributed by atoms with van der Waals surface area (Å²) in [6.45, 7) is 9.39. The monoisotopic (exact) mass is 242 g/mol. The summed E-state index contributed by atoms with van der Waals surface area (Å²) < 4.78 is 5.38. The van der Waals surface area contributed by atoms with Crippen LogP contribution in [0, 0.1) is 6.92 Å². The standard InChI is InChI=1S/C12H22N2OS/c1-9-8-14-11(16-9)10(2)13-7-6-12(3,4)15-5/h8,10,13H,6-7H2,1-5H3. The average molecular weight is 242 g/mol. The zero-order chi connectivity index (χ0) is 12.2. The predicted molar refractivity (Wildman–Crippen MR) is 69.0 cm³/mol. The van der Waals surface area contributed by atoms with Gasteiger partial charge in [-0.2, -0.15) is 0 Å². The van der Waals surface area contributed by atoms with E-state index in [0.29, 0.717) is 6.04 Å². The van der Waals surface area contributed by atoms with Gasteiger partial charge in [0.1, 0.15) is 5.01 Å². The Bertz CT molecular complexity index is 323. The van der Waals surface area contributed by atoms with Crippen LogP contribution in [-0.2, 0) is 4.74 Å². The number of thiazole rings is 1. The van der Waals surface area contributed by atoms with Crippen molar-refractivity contribution in [3.8, 4) is 0 Å². The first kappa shape index (κ1) is 13.6. The summed E-state index contributed by atoms with van der Waals surface area (Å²) in [5.41, 5.74) is -0.0501. The smallest absolute Gasteiger partial charge is 0.109 e. The highest BCUT2D eigenvalue weighted by Gasteiger charge is 2.16. The minimum absolute atomic E-state index is 0.0501. The molecule has 16 heavy (non-hydrogen) atoms. The van der Waals surface area contributed by atoms with Gasteiger partial charge in [0.2, 0.25) is 0 Å². The molecule has 0 aliphatic heterocycles. The van der Waals surface area contributed by atoms with E-state index in [9.17, 15) is 0 Å². The molecule has 1 aromatic rings. The van der Waals surface area contributed by atoms with Crippen LogP contribution in [0.2, 0.25) is 0 Å². The van der Waals surface area contributed by atoms with Gasteiger partial charge in [0.05, 0.1) is 11.6 Å². The topological polar surface area (TPSA) is 34.1 Å². The first-order valence-electron chi connectivity index (χ1n) is 5.65. The van der Waals surface area contributed by atoms with Gasteiger partial charge in [-0.1, -0.05) is 0 Å². The van der Waals surface area contributed by atoms with Crippen molar-refractivity contribution in [1.29, 1.82) is 0 Å². The van der Waals surface area contributed by atoms with Crippen molar-refractivity contribution in [2.45, 2.75) is 45.8 Å². The quantitative estimate of drug-likeness (QED) is 0.833. The van der Waals surface area contributed by atoms with Gasteiger partial charge in [-0.25, -0.2) is 4.98 Å². The number of ether oxygens (including phenoxy) is 1. The highest BCUT2D eigenvalue weighted by atomic mass is 32.1. The van der Waals surface area contributed by atoms with Gasteiger partial charge in [-0.3, -0.25) is 0 Å². The maximum atomic E-state index is 5.38. The Morgan fingerprint density at radius 1 is 1.56 bits per heavy atom. The summed E-state index contributed by atoms with van der Waals surface area (Å²) in [6, 6.07) is 0.325. The Hall–Kier alpha value is -0.450. The molecule has 0 saturated carbocycles. The normalized spacial score (nSPS) is 14.1. The average Bonchev–Trinajstić information content (AvgIpc) is 2.64. The highest BCUT2D eigenvalue weighted by molar-refractivity contribution is 7.11. The van der Waals surface area contributed by atoms with Crippen LogP contribution in [0.25, 0.3) is 0 Å². The van der Waals surface area contributed by atoms with Crippen molar-refractivity contribution in [2.24, 2.45) is 0 Å². The Labute approximate surface area is 102 Å². The SMILES string of the molecule is COC(C)(C)CCNC(C)c1ncc(C)s1. The summed E-state index contributed by atoms with van der Waals surface area (Å²) in [4.78, 5) is 5.64. The maximum Gasteiger partial charge on any atom is 0.109 e. The second-order valence-corrected chi connectivity index (χ2v) is 5.97. The summed E-state index contributed by atoms with van der Waals surface area (Å²) >= 11 is 1.75. The number of methoxy groups -OCH3 is 1. The molecule has 0 aromatic carbocycles. The van der Waals surface area contributed by atoms with Crippen molar-refractivity contribution >= 4 is 11.3 Å². The number of nitrogens with one attached hydrogen (secondary N) is 1. The van der Waals surface area contributed by atoms with Crippen LogP contribution in [0.5, 0.6) is 0 Å². The molecule has 3 nitrogen and oxygen atoms in total. The molecule has 1 aromatic heterocycles. The molecular weight excluding hydrogens is 220 g/mol. The van der Waals surface area contributed by atoms with E-state index in [1.807, 2.05) is 6.20 Å². The van der Waals surface area contributed by atoms with Gasteiger partial charge >= 0.3 is 0 Å². The largest absolute Gasteiger partial charge is 0.379 e. The fourth-order valence-electron chi connectivity index (χ4n) is 1.35. The van der Waals surface area contributed by atoms with Crippen LogP contribution < -0.4 is 5.32 Å². The van der Waals surface area contributed by atoms with Crippen LogP contribution in [0.15, 0.2) is 6.20 Å². The third-order valence-corrected chi connectivity index (χ3v) is 3.84. The number of aromatic nitrogens is 1. The maximum absolute atomic E-state index is 5.38. The molecule has 0 aliphatic carbocycles. The number of aryl methyl sites for hydroxylation is 1.